The smallest absolute Gasteiger partial charge is 0.368 e. The lowest BCUT2D eigenvalue weighted by Gasteiger charge is -2.63. The van der Waals surface area contributed by atoms with E-state index in [1.807, 2.05) is 18.4 Å². The highest BCUT2D eigenvalue weighted by molar-refractivity contribution is 7.98. The number of aliphatic carboxylic acids is 1. The van der Waals surface area contributed by atoms with E-state index in [1.165, 1.54) is 43.9 Å². The SMILES string of the molecule is CSc1cc2c(cc1O/C=C(\F)C(=O)O)SN(C)C1(CN2c2ccccc2)CC2(CCC2)C1. The number of carboxylic acid groups (broad SMARTS) is 1. The van der Waals surface area contributed by atoms with Gasteiger partial charge in [-0.2, -0.15) is 4.39 Å². The predicted octanol–water partition coefficient (Wildman–Crippen LogP) is 6.48. The second kappa shape index (κ2) is 8.56. The third-order valence-corrected chi connectivity index (χ3v) is 9.22. The van der Waals surface area contributed by atoms with Crippen LogP contribution in [0, 0.1) is 5.41 Å². The molecule has 3 aliphatic rings. The zero-order chi connectivity index (χ0) is 23.2. The number of hydrogen-bond donors (Lipinski definition) is 1. The Hall–Kier alpha value is -2.16. The third-order valence-electron chi connectivity index (χ3n) is 7.28. The number of carbonyl (C=O) groups is 1. The van der Waals surface area contributed by atoms with Crippen LogP contribution in [-0.4, -0.2) is 40.8 Å². The average Bonchev–Trinajstić information content (AvgIpc) is 2.88. The molecule has 5 rings (SSSR count). The Morgan fingerprint density at radius 1 is 1.24 bits per heavy atom. The summed E-state index contributed by atoms with van der Waals surface area (Å²) >= 11 is 3.19. The Morgan fingerprint density at radius 3 is 2.58 bits per heavy atom. The predicted molar refractivity (Wildman–Crippen MR) is 131 cm³/mol. The van der Waals surface area contributed by atoms with E-state index >= 15 is 0 Å². The molecule has 0 radical (unpaired) electrons. The summed E-state index contributed by atoms with van der Waals surface area (Å²) in [6.07, 6.45) is 9.01. The third kappa shape index (κ3) is 4.02. The fraction of sp³-hybridized carbons (Fsp3) is 0.400. The maximum atomic E-state index is 13.6. The van der Waals surface area contributed by atoms with Gasteiger partial charge in [-0.05, 0) is 80.6 Å². The summed E-state index contributed by atoms with van der Waals surface area (Å²) in [5, 5.41) is 8.82. The van der Waals surface area contributed by atoms with Crippen molar-refractivity contribution in [2.24, 2.45) is 5.41 Å². The van der Waals surface area contributed by atoms with Gasteiger partial charge in [0.05, 0.1) is 21.0 Å². The molecule has 174 valence electrons. The highest BCUT2D eigenvalue weighted by atomic mass is 32.2. The van der Waals surface area contributed by atoms with Crippen LogP contribution in [-0.2, 0) is 4.79 Å². The maximum Gasteiger partial charge on any atom is 0.368 e. The molecule has 5 nitrogen and oxygen atoms in total. The fourth-order valence-corrected chi connectivity index (χ4v) is 7.14. The lowest BCUT2D eigenvalue weighted by molar-refractivity contribution is -0.134. The largest absolute Gasteiger partial charge is 0.476 e. The van der Waals surface area contributed by atoms with Gasteiger partial charge >= 0.3 is 5.97 Å². The summed E-state index contributed by atoms with van der Waals surface area (Å²) in [4.78, 5) is 15.1. The number of benzene rings is 2. The van der Waals surface area contributed by atoms with Gasteiger partial charge in [0.1, 0.15) is 12.0 Å². The van der Waals surface area contributed by atoms with Crippen LogP contribution in [0.15, 0.2) is 64.3 Å². The number of rotatable bonds is 5. The number of fused-ring (bicyclic) bond motifs is 1. The Bertz CT molecular complexity index is 1100. The van der Waals surface area contributed by atoms with Crippen molar-refractivity contribution in [1.29, 1.82) is 0 Å². The normalized spacial score (nSPS) is 21.2. The average molecular weight is 487 g/mol. The number of likely N-dealkylation sites (N-methyl/N-ethyl adjacent to an activating group) is 1. The number of thioether (sulfide) groups is 1. The van der Waals surface area contributed by atoms with E-state index in [-0.39, 0.29) is 5.54 Å². The fourth-order valence-electron chi connectivity index (χ4n) is 5.50. The van der Waals surface area contributed by atoms with Gasteiger partial charge in [-0.25, -0.2) is 9.10 Å². The molecule has 1 N–H and O–H groups in total. The zero-order valence-electron chi connectivity index (χ0n) is 18.7. The molecule has 33 heavy (non-hydrogen) atoms. The minimum atomic E-state index is -1.64. The lowest BCUT2D eigenvalue weighted by atomic mass is 9.48. The van der Waals surface area contributed by atoms with Crippen molar-refractivity contribution in [3.05, 3.63) is 54.6 Å². The summed E-state index contributed by atoms with van der Waals surface area (Å²) in [6, 6.07) is 14.4. The molecule has 0 amide bonds. The molecule has 2 fully saturated rings. The van der Waals surface area contributed by atoms with E-state index in [1.54, 1.807) is 11.9 Å². The van der Waals surface area contributed by atoms with E-state index in [0.717, 1.165) is 27.7 Å². The molecule has 8 heteroatoms. The number of carboxylic acids is 1. The Balaban J connectivity index is 1.56. The molecule has 0 bridgehead atoms. The van der Waals surface area contributed by atoms with Crippen molar-refractivity contribution < 1.29 is 19.0 Å². The van der Waals surface area contributed by atoms with Gasteiger partial charge in [-0.3, -0.25) is 0 Å². The molecule has 0 atom stereocenters. The minimum absolute atomic E-state index is 0.0792. The highest BCUT2D eigenvalue weighted by Crippen LogP contribution is 2.65. The van der Waals surface area contributed by atoms with Crippen LogP contribution in [0.25, 0.3) is 0 Å². The molecule has 2 spiro atoms. The standard InChI is InChI=1S/C25H27FN2O3S2/c1-27-25(14-24(15-25)9-6-10-24)16-28(17-7-4-3-5-8-17)19-11-22(32-2)20(12-21(19)33-27)31-13-18(26)23(29)30/h3-5,7-8,11-13H,6,9-10,14-16H2,1-2H3,(H,29,30)/b18-13-. The number of hydrogen-bond acceptors (Lipinski definition) is 6. The summed E-state index contributed by atoms with van der Waals surface area (Å²) in [7, 11) is 2.17. The quantitative estimate of drug-likeness (QED) is 0.225. The second-order valence-electron chi connectivity index (χ2n) is 9.30. The summed E-state index contributed by atoms with van der Waals surface area (Å²) in [5.41, 5.74) is 2.83. The Kier molecular flexibility index (Phi) is 5.87. The van der Waals surface area contributed by atoms with Gasteiger partial charge < -0.3 is 14.7 Å². The second-order valence-corrected chi connectivity index (χ2v) is 11.3. The van der Waals surface area contributed by atoms with Crippen LogP contribution < -0.4 is 9.64 Å². The van der Waals surface area contributed by atoms with Crippen molar-refractivity contribution in [2.45, 2.75) is 47.4 Å². The Morgan fingerprint density at radius 2 is 1.97 bits per heavy atom. The zero-order valence-corrected chi connectivity index (χ0v) is 20.3. The molecule has 2 aliphatic carbocycles. The van der Waals surface area contributed by atoms with Crippen LogP contribution in [0.4, 0.5) is 15.8 Å². The molecule has 2 saturated carbocycles. The van der Waals surface area contributed by atoms with Crippen molar-refractivity contribution in [1.82, 2.24) is 4.31 Å². The van der Waals surface area contributed by atoms with Gasteiger partial charge in [0, 0.05) is 12.2 Å². The van der Waals surface area contributed by atoms with E-state index in [9.17, 15) is 9.18 Å². The summed E-state index contributed by atoms with van der Waals surface area (Å²) in [6.45, 7) is 0.900. The van der Waals surface area contributed by atoms with E-state index in [2.05, 4.69) is 46.6 Å². The molecule has 1 heterocycles. The van der Waals surface area contributed by atoms with E-state index in [0.29, 0.717) is 17.4 Å². The van der Waals surface area contributed by atoms with Crippen molar-refractivity contribution in [3.8, 4) is 5.75 Å². The van der Waals surface area contributed by atoms with Crippen molar-refractivity contribution >= 4 is 41.1 Å². The molecular weight excluding hydrogens is 459 g/mol. The number of ether oxygens (including phenoxy) is 1. The lowest BCUT2D eigenvalue weighted by Crippen LogP contribution is -2.64. The number of anilines is 2. The van der Waals surface area contributed by atoms with Crippen LogP contribution >= 0.6 is 23.7 Å². The first kappa shape index (κ1) is 22.6. The molecular formula is C25H27FN2O3S2. The molecule has 2 aromatic rings. The van der Waals surface area contributed by atoms with Gasteiger partial charge in [0.25, 0.3) is 0 Å². The van der Waals surface area contributed by atoms with E-state index in [4.69, 9.17) is 9.84 Å². The number of halogens is 1. The van der Waals surface area contributed by atoms with Gasteiger partial charge in [-0.1, -0.05) is 24.6 Å². The molecule has 0 aromatic heterocycles. The van der Waals surface area contributed by atoms with Gasteiger partial charge in [0.15, 0.2) is 0 Å². The number of para-hydroxylation sites is 1. The number of nitrogens with zero attached hydrogens (tertiary/aromatic N) is 2. The first-order valence-corrected chi connectivity index (χ1v) is 13.1. The Labute approximate surface area is 202 Å². The van der Waals surface area contributed by atoms with Crippen molar-refractivity contribution in [3.63, 3.8) is 0 Å². The summed E-state index contributed by atoms with van der Waals surface area (Å²) < 4.78 is 21.5. The monoisotopic (exact) mass is 486 g/mol. The summed E-state index contributed by atoms with van der Waals surface area (Å²) in [5.74, 6) is -2.52. The first-order chi connectivity index (χ1) is 15.8. The molecule has 1 aliphatic heterocycles. The topological polar surface area (TPSA) is 53.0 Å². The first-order valence-electron chi connectivity index (χ1n) is 11.1. The van der Waals surface area contributed by atoms with E-state index < -0.39 is 11.8 Å². The van der Waals surface area contributed by atoms with Gasteiger partial charge in [-0.15, -0.1) is 11.8 Å². The van der Waals surface area contributed by atoms with Crippen LogP contribution in [0.3, 0.4) is 0 Å². The molecule has 2 aromatic carbocycles. The van der Waals surface area contributed by atoms with Crippen molar-refractivity contribution in [2.75, 3.05) is 24.7 Å². The van der Waals surface area contributed by atoms with Crippen LogP contribution in [0.1, 0.15) is 32.1 Å². The van der Waals surface area contributed by atoms with Crippen LogP contribution in [0.2, 0.25) is 0 Å². The minimum Gasteiger partial charge on any atom is -0.476 e. The highest BCUT2D eigenvalue weighted by Gasteiger charge is 2.60. The van der Waals surface area contributed by atoms with Gasteiger partial charge in [0.2, 0.25) is 5.83 Å². The maximum absolute atomic E-state index is 13.6. The van der Waals surface area contributed by atoms with Crippen LogP contribution in [0.5, 0.6) is 5.75 Å². The molecule has 0 saturated heterocycles. The molecule has 0 unspecified atom stereocenters.